The van der Waals surface area contributed by atoms with Crippen molar-refractivity contribution in [3.8, 4) is 0 Å². The lowest BCUT2D eigenvalue weighted by Crippen LogP contribution is -2.53. The number of nitrogens with zero attached hydrogens (tertiary/aromatic N) is 2. The quantitative estimate of drug-likeness (QED) is 0.866. The van der Waals surface area contributed by atoms with Crippen molar-refractivity contribution >= 4 is 0 Å². The largest absolute Gasteiger partial charge is 0.465 e. The third kappa shape index (κ3) is 4.33. The van der Waals surface area contributed by atoms with E-state index < -0.39 is 0 Å². The number of piperazine rings is 1. The maximum atomic E-state index is 9.29. The Labute approximate surface area is 122 Å². The fraction of sp³-hybridized carbons (Fsp3) is 0.750. The van der Waals surface area contributed by atoms with Crippen molar-refractivity contribution in [3.63, 3.8) is 0 Å². The molecule has 0 radical (unpaired) electrons. The van der Waals surface area contributed by atoms with E-state index in [9.17, 15) is 5.11 Å². The Kier molecular flexibility index (Phi) is 5.64. The van der Waals surface area contributed by atoms with Crippen molar-refractivity contribution in [2.75, 3.05) is 32.8 Å². The molecule has 114 valence electrons. The lowest BCUT2D eigenvalue weighted by Gasteiger charge is -2.42. The van der Waals surface area contributed by atoms with Crippen LogP contribution in [0.5, 0.6) is 0 Å². The van der Waals surface area contributed by atoms with Crippen molar-refractivity contribution in [2.45, 2.75) is 39.8 Å². The van der Waals surface area contributed by atoms with E-state index in [1.54, 1.807) is 0 Å². The Morgan fingerprint density at radius 1 is 1.35 bits per heavy atom. The minimum atomic E-state index is 0.271. The van der Waals surface area contributed by atoms with Crippen molar-refractivity contribution in [2.24, 2.45) is 5.92 Å². The van der Waals surface area contributed by atoms with E-state index in [0.717, 1.165) is 50.7 Å². The number of aliphatic hydroxyl groups excluding tert-OH is 1. The molecule has 1 aliphatic heterocycles. The monoisotopic (exact) mass is 280 g/mol. The Morgan fingerprint density at radius 2 is 2.15 bits per heavy atom. The van der Waals surface area contributed by atoms with Crippen LogP contribution in [0, 0.1) is 12.8 Å². The van der Waals surface area contributed by atoms with Gasteiger partial charge in [0.05, 0.1) is 6.54 Å². The smallest absolute Gasteiger partial charge is 0.118 e. The van der Waals surface area contributed by atoms with Gasteiger partial charge in [0.25, 0.3) is 0 Å². The second-order valence-electron chi connectivity index (χ2n) is 6.30. The van der Waals surface area contributed by atoms with Crippen LogP contribution in [0.2, 0.25) is 0 Å². The first-order valence-electron chi connectivity index (χ1n) is 7.71. The van der Waals surface area contributed by atoms with E-state index in [4.69, 9.17) is 4.42 Å². The number of hydrogen-bond acceptors (Lipinski definition) is 4. The number of hydrogen-bond donors (Lipinski definition) is 1. The summed E-state index contributed by atoms with van der Waals surface area (Å²) in [5, 5.41) is 9.29. The molecule has 0 unspecified atom stereocenters. The van der Waals surface area contributed by atoms with Gasteiger partial charge in [-0.1, -0.05) is 13.8 Å². The zero-order valence-corrected chi connectivity index (χ0v) is 13.0. The van der Waals surface area contributed by atoms with Gasteiger partial charge in [-0.25, -0.2) is 0 Å². The highest BCUT2D eigenvalue weighted by Crippen LogP contribution is 2.18. The van der Waals surface area contributed by atoms with Gasteiger partial charge in [0, 0.05) is 38.8 Å². The van der Waals surface area contributed by atoms with E-state index >= 15 is 0 Å². The average Bonchev–Trinajstić information content (AvgIpc) is 2.78. The summed E-state index contributed by atoms with van der Waals surface area (Å²) in [5.74, 6) is 2.70. The highest BCUT2D eigenvalue weighted by Gasteiger charge is 2.27. The van der Waals surface area contributed by atoms with Crippen LogP contribution >= 0.6 is 0 Å². The molecular formula is C16H28N2O2. The van der Waals surface area contributed by atoms with Gasteiger partial charge in [-0.2, -0.15) is 0 Å². The van der Waals surface area contributed by atoms with Crippen LogP contribution in [0.1, 0.15) is 31.8 Å². The molecule has 0 saturated carbocycles. The molecule has 0 bridgehead atoms. The molecule has 0 aromatic carbocycles. The normalized spacial score (nSPS) is 21.8. The zero-order chi connectivity index (χ0) is 14.5. The molecule has 0 aliphatic carbocycles. The average molecular weight is 280 g/mol. The van der Waals surface area contributed by atoms with E-state index in [1.165, 1.54) is 0 Å². The summed E-state index contributed by atoms with van der Waals surface area (Å²) in [6.07, 6.45) is 0.862. The number of aryl methyl sites for hydroxylation is 1. The van der Waals surface area contributed by atoms with Crippen molar-refractivity contribution in [1.82, 2.24) is 9.80 Å². The van der Waals surface area contributed by atoms with Crippen LogP contribution in [0.15, 0.2) is 16.5 Å². The van der Waals surface area contributed by atoms with Gasteiger partial charge < -0.3 is 9.52 Å². The minimum absolute atomic E-state index is 0.271. The SMILES string of the molecule is Cc1ccc(CN2CCN(CC(C)C)[C@H](CCO)C2)o1. The van der Waals surface area contributed by atoms with Gasteiger partial charge in [0.2, 0.25) is 0 Å². The van der Waals surface area contributed by atoms with Crippen LogP contribution in [0.4, 0.5) is 0 Å². The van der Waals surface area contributed by atoms with E-state index in [2.05, 4.69) is 29.7 Å². The van der Waals surface area contributed by atoms with Crippen molar-refractivity contribution in [3.05, 3.63) is 23.7 Å². The van der Waals surface area contributed by atoms with E-state index in [1.807, 2.05) is 13.0 Å². The molecule has 1 N–H and O–H groups in total. The molecule has 1 saturated heterocycles. The van der Waals surface area contributed by atoms with Gasteiger partial charge >= 0.3 is 0 Å². The first-order valence-corrected chi connectivity index (χ1v) is 7.71. The maximum Gasteiger partial charge on any atom is 0.118 e. The summed E-state index contributed by atoms with van der Waals surface area (Å²) in [6, 6.07) is 4.55. The third-order valence-corrected chi connectivity index (χ3v) is 3.93. The Morgan fingerprint density at radius 3 is 2.75 bits per heavy atom. The molecule has 1 aromatic rings. The molecule has 20 heavy (non-hydrogen) atoms. The molecule has 2 heterocycles. The molecule has 0 spiro atoms. The van der Waals surface area contributed by atoms with Gasteiger partial charge in [-0.3, -0.25) is 9.80 Å². The lowest BCUT2D eigenvalue weighted by molar-refractivity contribution is 0.0446. The van der Waals surface area contributed by atoms with Crippen LogP contribution in [-0.4, -0.2) is 53.7 Å². The van der Waals surface area contributed by atoms with Crippen LogP contribution in [0.25, 0.3) is 0 Å². The maximum absolute atomic E-state index is 9.29. The molecule has 1 fully saturated rings. The Balaban J connectivity index is 1.91. The summed E-state index contributed by atoms with van der Waals surface area (Å²) < 4.78 is 5.67. The summed E-state index contributed by atoms with van der Waals surface area (Å²) in [5.41, 5.74) is 0. The Bertz CT molecular complexity index is 403. The lowest BCUT2D eigenvalue weighted by atomic mass is 10.1. The highest BCUT2D eigenvalue weighted by molar-refractivity contribution is 5.05. The Hall–Kier alpha value is -0.840. The fourth-order valence-electron chi connectivity index (χ4n) is 3.02. The highest BCUT2D eigenvalue weighted by atomic mass is 16.3. The van der Waals surface area contributed by atoms with Crippen LogP contribution in [-0.2, 0) is 6.54 Å². The fourth-order valence-corrected chi connectivity index (χ4v) is 3.02. The molecule has 4 nitrogen and oxygen atoms in total. The third-order valence-electron chi connectivity index (χ3n) is 3.93. The number of aliphatic hydroxyl groups is 1. The zero-order valence-electron chi connectivity index (χ0n) is 13.0. The molecule has 2 rings (SSSR count). The van der Waals surface area contributed by atoms with Gasteiger partial charge in [0.15, 0.2) is 0 Å². The second kappa shape index (κ2) is 7.25. The molecule has 1 aliphatic rings. The first kappa shape index (κ1) is 15.5. The summed E-state index contributed by atoms with van der Waals surface area (Å²) in [7, 11) is 0. The topological polar surface area (TPSA) is 39.9 Å². The summed E-state index contributed by atoms with van der Waals surface area (Å²) >= 11 is 0. The molecule has 4 heteroatoms. The van der Waals surface area contributed by atoms with Gasteiger partial charge in [-0.05, 0) is 31.4 Å². The number of rotatable bonds is 6. The minimum Gasteiger partial charge on any atom is -0.465 e. The predicted molar refractivity (Wildman–Crippen MR) is 80.6 cm³/mol. The van der Waals surface area contributed by atoms with Crippen molar-refractivity contribution < 1.29 is 9.52 Å². The first-order chi connectivity index (χ1) is 9.58. The van der Waals surface area contributed by atoms with Gasteiger partial charge in [-0.15, -0.1) is 0 Å². The number of furan rings is 1. The molecule has 1 aromatic heterocycles. The van der Waals surface area contributed by atoms with E-state index in [0.29, 0.717) is 12.0 Å². The molecular weight excluding hydrogens is 252 g/mol. The molecule has 1 atom stereocenters. The van der Waals surface area contributed by atoms with Crippen LogP contribution < -0.4 is 0 Å². The standard InChI is InChI=1S/C16H28N2O2/c1-13(2)10-18-8-7-17(11-15(18)6-9-19)12-16-5-4-14(3)20-16/h4-5,13,15,19H,6-12H2,1-3H3/t15-/m1/s1. The summed E-state index contributed by atoms with van der Waals surface area (Å²) in [6.45, 7) is 12.0. The van der Waals surface area contributed by atoms with Crippen LogP contribution in [0.3, 0.4) is 0 Å². The molecule has 0 amide bonds. The second-order valence-corrected chi connectivity index (χ2v) is 6.30. The van der Waals surface area contributed by atoms with Crippen molar-refractivity contribution in [1.29, 1.82) is 0 Å². The summed E-state index contributed by atoms with van der Waals surface area (Å²) in [4.78, 5) is 4.97. The predicted octanol–water partition coefficient (Wildman–Crippen LogP) is 2.11. The van der Waals surface area contributed by atoms with Gasteiger partial charge in [0.1, 0.15) is 11.5 Å². The van der Waals surface area contributed by atoms with E-state index in [-0.39, 0.29) is 6.61 Å².